The number of hydrogen-bond acceptors (Lipinski definition) is 3. The van der Waals surface area contributed by atoms with E-state index in [1.807, 2.05) is 11.3 Å². The van der Waals surface area contributed by atoms with Crippen LogP contribution in [0.2, 0.25) is 0 Å². The minimum Gasteiger partial charge on any atom is -0.305 e. The summed E-state index contributed by atoms with van der Waals surface area (Å²) in [5.74, 6) is 0.925. The highest BCUT2D eigenvalue weighted by Crippen LogP contribution is 2.35. The fourth-order valence-electron chi connectivity index (χ4n) is 3.18. The van der Waals surface area contributed by atoms with Crippen LogP contribution in [0.25, 0.3) is 0 Å². The number of thiazole rings is 1. The average molecular weight is 278 g/mol. The van der Waals surface area contributed by atoms with Gasteiger partial charge in [0.15, 0.2) is 0 Å². The lowest BCUT2D eigenvalue weighted by Gasteiger charge is -2.26. The highest BCUT2D eigenvalue weighted by molar-refractivity contribution is 7.11. The van der Waals surface area contributed by atoms with Crippen LogP contribution in [0.15, 0.2) is 0 Å². The smallest absolute Gasteiger partial charge is 0.110 e. The number of rotatable bonds is 5. The fraction of sp³-hybridized carbons (Fsp3) is 0.812. The molecule has 3 rings (SSSR count). The third kappa shape index (κ3) is 3.57. The van der Waals surface area contributed by atoms with Gasteiger partial charge in [-0.1, -0.05) is 32.1 Å². The average Bonchev–Trinajstić information content (AvgIpc) is 3.16. The van der Waals surface area contributed by atoms with Gasteiger partial charge in [0.25, 0.3) is 0 Å². The highest BCUT2D eigenvalue weighted by atomic mass is 32.1. The molecule has 0 aliphatic heterocycles. The van der Waals surface area contributed by atoms with E-state index in [2.05, 4.69) is 19.2 Å². The molecule has 0 amide bonds. The lowest BCUT2D eigenvalue weighted by molar-refractivity contribution is 0.298. The molecule has 2 fully saturated rings. The molecule has 2 nitrogen and oxygen atoms in total. The standard InChI is InChI=1S/C16H26N2S/c1-11-12(2)19-16(17-11)15(18-14-8-9-14)10-13-6-4-3-5-7-13/h13-15,18H,3-10H2,1-2H3. The maximum atomic E-state index is 4.81. The quantitative estimate of drug-likeness (QED) is 0.856. The van der Waals surface area contributed by atoms with Gasteiger partial charge in [-0.15, -0.1) is 11.3 Å². The van der Waals surface area contributed by atoms with Crippen molar-refractivity contribution in [1.82, 2.24) is 10.3 Å². The zero-order valence-corrected chi connectivity index (χ0v) is 13.1. The molecule has 0 saturated heterocycles. The van der Waals surface area contributed by atoms with E-state index in [4.69, 9.17) is 4.98 Å². The Balaban J connectivity index is 1.68. The predicted molar refractivity (Wildman–Crippen MR) is 81.7 cm³/mol. The Hall–Kier alpha value is -0.410. The molecule has 1 unspecified atom stereocenters. The van der Waals surface area contributed by atoms with Crippen LogP contribution < -0.4 is 5.32 Å². The Labute approximate surface area is 121 Å². The topological polar surface area (TPSA) is 24.9 Å². The largest absolute Gasteiger partial charge is 0.305 e. The molecule has 1 atom stereocenters. The molecule has 0 bridgehead atoms. The van der Waals surface area contributed by atoms with Crippen molar-refractivity contribution >= 4 is 11.3 Å². The van der Waals surface area contributed by atoms with E-state index >= 15 is 0 Å². The van der Waals surface area contributed by atoms with Crippen LogP contribution in [-0.4, -0.2) is 11.0 Å². The molecule has 0 radical (unpaired) electrons. The van der Waals surface area contributed by atoms with Gasteiger partial charge in [-0.2, -0.15) is 0 Å². The molecule has 1 heterocycles. The Kier molecular flexibility index (Phi) is 4.23. The lowest BCUT2D eigenvalue weighted by atomic mass is 9.85. The monoisotopic (exact) mass is 278 g/mol. The molecule has 0 aromatic carbocycles. The molecule has 1 aromatic rings. The van der Waals surface area contributed by atoms with E-state index in [1.54, 1.807) is 0 Å². The van der Waals surface area contributed by atoms with Crippen LogP contribution in [0.4, 0.5) is 0 Å². The van der Waals surface area contributed by atoms with Gasteiger partial charge < -0.3 is 5.32 Å². The van der Waals surface area contributed by atoms with E-state index in [1.165, 1.54) is 66.9 Å². The third-order valence-electron chi connectivity index (χ3n) is 4.65. The van der Waals surface area contributed by atoms with Crippen LogP contribution in [0, 0.1) is 19.8 Å². The summed E-state index contributed by atoms with van der Waals surface area (Å²) < 4.78 is 0. The first-order valence-electron chi connectivity index (χ1n) is 7.92. The van der Waals surface area contributed by atoms with Crippen LogP contribution in [0.5, 0.6) is 0 Å². The number of aryl methyl sites for hydroxylation is 2. The summed E-state index contributed by atoms with van der Waals surface area (Å²) in [5.41, 5.74) is 1.23. The van der Waals surface area contributed by atoms with Crippen LogP contribution in [-0.2, 0) is 0 Å². The maximum Gasteiger partial charge on any atom is 0.110 e. The molecule has 106 valence electrons. The SMILES string of the molecule is Cc1nc(C(CC2CCCCC2)NC2CC2)sc1C. The number of nitrogens with zero attached hydrogens (tertiary/aromatic N) is 1. The van der Waals surface area contributed by atoms with E-state index in [-0.39, 0.29) is 0 Å². The normalized spacial score (nSPS) is 22.6. The molecule has 3 heteroatoms. The van der Waals surface area contributed by atoms with Gasteiger partial charge in [0, 0.05) is 10.9 Å². The summed E-state index contributed by atoms with van der Waals surface area (Å²) in [5, 5.41) is 5.18. The number of hydrogen-bond donors (Lipinski definition) is 1. The van der Waals surface area contributed by atoms with Gasteiger partial charge in [-0.3, -0.25) is 0 Å². The molecule has 1 aromatic heterocycles. The van der Waals surface area contributed by atoms with E-state index in [9.17, 15) is 0 Å². The Morgan fingerprint density at radius 2 is 1.89 bits per heavy atom. The molecule has 2 saturated carbocycles. The van der Waals surface area contributed by atoms with Crippen molar-refractivity contribution in [3.8, 4) is 0 Å². The van der Waals surface area contributed by atoms with Gasteiger partial charge in [-0.05, 0) is 39.0 Å². The van der Waals surface area contributed by atoms with Crippen molar-refractivity contribution < 1.29 is 0 Å². The van der Waals surface area contributed by atoms with Gasteiger partial charge in [0.05, 0.1) is 11.7 Å². The van der Waals surface area contributed by atoms with Crippen molar-refractivity contribution in [2.24, 2.45) is 5.92 Å². The van der Waals surface area contributed by atoms with Crippen molar-refractivity contribution in [3.63, 3.8) is 0 Å². The first-order valence-corrected chi connectivity index (χ1v) is 8.74. The summed E-state index contributed by atoms with van der Waals surface area (Å²) >= 11 is 1.91. The molecule has 0 spiro atoms. The van der Waals surface area contributed by atoms with Crippen molar-refractivity contribution in [2.75, 3.05) is 0 Å². The van der Waals surface area contributed by atoms with E-state index in [0.717, 1.165) is 12.0 Å². The first-order chi connectivity index (χ1) is 9.22. The second kappa shape index (κ2) is 5.92. The first kappa shape index (κ1) is 13.6. The highest BCUT2D eigenvalue weighted by Gasteiger charge is 2.29. The van der Waals surface area contributed by atoms with Crippen molar-refractivity contribution in [3.05, 3.63) is 15.6 Å². The van der Waals surface area contributed by atoms with Crippen LogP contribution in [0.3, 0.4) is 0 Å². The summed E-state index contributed by atoms with van der Waals surface area (Å²) in [4.78, 5) is 6.20. The van der Waals surface area contributed by atoms with E-state index < -0.39 is 0 Å². The van der Waals surface area contributed by atoms with Crippen LogP contribution in [0.1, 0.15) is 73.0 Å². The molecule has 19 heavy (non-hydrogen) atoms. The Morgan fingerprint density at radius 1 is 1.16 bits per heavy atom. The Morgan fingerprint density at radius 3 is 2.47 bits per heavy atom. The molecule has 1 N–H and O–H groups in total. The maximum absolute atomic E-state index is 4.81. The summed E-state index contributed by atoms with van der Waals surface area (Å²) in [6.07, 6.45) is 11.2. The number of nitrogens with one attached hydrogen (secondary N) is 1. The summed E-state index contributed by atoms with van der Waals surface area (Å²) in [6.45, 7) is 4.34. The minimum atomic E-state index is 0.521. The molecular weight excluding hydrogens is 252 g/mol. The summed E-state index contributed by atoms with van der Waals surface area (Å²) in [7, 11) is 0. The molecule has 2 aliphatic carbocycles. The zero-order valence-electron chi connectivity index (χ0n) is 12.2. The predicted octanol–water partition coefficient (Wildman–Crippen LogP) is 4.52. The van der Waals surface area contributed by atoms with Gasteiger partial charge in [-0.25, -0.2) is 4.98 Å². The van der Waals surface area contributed by atoms with Crippen molar-refractivity contribution in [1.29, 1.82) is 0 Å². The van der Waals surface area contributed by atoms with E-state index in [0.29, 0.717) is 6.04 Å². The minimum absolute atomic E-state index is 0.521. The van der Waals surface area contributed by atoms with Crippen LogP contribution >= 0.6 is 11.3 Å². The van der Waals surface area contributed by atoms with Gasteiger partial charge in [0.2, 0.25) is 0 Å². The summed E-state index contributed by atoms with van der Waals surface area (Å²) in [6, 6.07) is 1.30. The molecular formula is C16H26N2S. The second-order valence-electron chi connectivity index (χ2n) is 6.43. The van der Waals surface area contributed by atoms with Gasteiger partial charge in [0.1, 0.15) is 5.01 Å². The zero-order chi connectivity index (χ0) is 13.2. The lowest BCUT2D eigenvalue weighted by Crippen LogP contribution is -2.26. The van der Waals surface area contributed by atoms with Gasteiger partial charge >= 0.3 is 0 Å². The van der Waals surface area contributed by atoms with Crippen molar-refractivity contribution in [2.45, 2.75) is 77.3 Å². The third-order valence-corrected chi connectivity index (χ3v) is 5.84. The fourth-order valence-corrected chi connectivity index (χ4v) is 4.17. The second-order valence-corrected chi connectivity index (χ2v) is 7.66. The Bertz CT molecular complexity index is 397. The molecule has 2 aliphatic rings. The number of aromatic nitrogens is 1.